The van der Waals surface area contributed by atoms with E-state index >= 15 is 0 Å². The second-order valence-electron chi connectivity index (χ2n) is 5.67. The molecule has 0 saturated carbocycles. The Kier molecular flexibility index (Phi) is 2.68. The van der Waals surface area contributed by atoms with Crippen LogP contribution in [-0.2, 0) is 6.42 Å². The maximum atomic E-state index is 12.1. The molecule has 2 aromatic rings. The Morgan fingerprint density at radius 3 is 2.72 bits per heavy atom. The summed E-state index contributed by atoms with van der Waals surface area (Å²) < 4.78 is 0. The zero-order chi connectivity index (χ0) is 12.9. The number of hydrogen-bond acceptors (Lipinski definition) is 4. The van der Waals surface area contributed by atoms with Crippen molar-refractivity contribution in [1.82, 2.24) is 4.98 Å². The van der Waals surface area contributed by atoms with E-state index in [2.05, 4.69) is 32.2 Å². The Bertz CT molecular complexity index is 622. The lowest BCUT2D eigenvalue weighted by molar-refractivity contribution is 0.0916. The number of aryl methyl sites for hydroxylation is 1. The molecule has 0 radical (unpaired) electrons. The van der Waals surface area contributed by atoms with Crippen molar-refractivity contribution in [2.24, 2.45) is 5.41 Å². The number of thiazole rings is 1. The first-order valence-electron chi connectivity index (χ1n) is 6.04. The summed E-state index contributed by atoms with van der Waals surface area (Å²) in [6.07, 6.45) is 1.56. The van der Waals surface area contributed by atoms with E-state index in [0.29, 0.717) is 6.42 Å². The number of hydrogen-bond donors (Lipinski definition) is 0. The second-order valence-corrected chi connectivity index (χ2v) is 7.58. The minimum absolute atomic E-state index is 0.0555. The van der Waals surface area contributed by atoms with Crippen LogP contribution in [0.1, 0.15) is 41.2 Å². The average molecular weight is 277 g/mol. The van der Waals surface area contributed by atoms with Gasteiger partial charge >= 0.3 is 0 Å². The van der Waals surface area contributed by atoms with E-state index in [4.69, 9.17) is 4.98 Å². The standard InChI is InChI=1S/C14H15NOS2/c1-8-4-5-17-11(8)13-15-9-6-14(2,3)7-10(16)12(9)18-13/h4-5H,6-7H2,1-3H3. The molecule has 0 aliphatic heterocycles. The molecule has 4 heteroatoms. The molecule has 18 heavy (non-hydrogen) atoms. The van der Waals surface area contributed by atoms with Crippen molar-refractivity contribution in [2.75, 3.05) is 0 Å². The first-order chi connectivity index (χ1) is 8.46. The highest BCUT2D eigenvalue weighted by atomic mass is 32.1. The number of Topliss-reactive ketones (excluding diaryl/α,β-unsaturated/α-hetero) is 1. The van der Waals surface area contributed by atoms with E-state index in [1.807, 2.05) is 0 Å². The highest BCUT2D eigenvalue weighted by Crippen LogP contribution is 2.41. The molecule has 1 aliphatic carbocycles. The average Bonchev–Trinajstić information content (AvgIpc) is 2.82. The van der Waals surface area contributed by atoms with Gasteiger partial charge in [0.1, 0.15) is 5.01 Å². The van der Waals surface area contributed by atoms with Crippen molar-refractivity contribution in [3.63, 3.8) is 0 Å². The van der Waals surface area contributed by atoms with Crippen LogP contribution in [0, 0.1) is 12.3 Å². The van der Waals surface area contributed by atoms with Crippen LogP contribution in [0.25, 0.3) is 9.88 Å². The fourth-order valence-corrected chi connectivity index (χ4v) is 4.51. The lowest BCUT2D eigenvalue weighted by Crippen LogP contribution is -2.25. The van der Waals surface area contributed by atoms with Crippen LogP contribution in [0.4, 0.5) is 0 Å². The van der Waals surface area contributed by atoms with Gasteiger partial charge in [-0.15, -0.1) is 22.7 Å². The van der Waals surface area contributed by atoms with E-state index in [1.54, 1.807) is 22.7 Å². The lowest BCUT2D eigenvalue weighted by atomic mass is 9.78. The molecule has 0 bridgehead atoms. The zero-order valence-corrected chi connectivity index (χ0v) is 12.4. The Labute approximate surface area is 115 Å². The molecule has 0 aromatic carbocycles. The van der Waals surface area contributed by atoms with Crippen LogP contribution < -0.4 is 0 Å². The summed E-state index contributed by atoms with van der Waals surface area (Å²) in [5, 5.41) is 3.09. The SMILES string of the molecule is Cc1ccsc1-c1nc2c(s1)C(=O)CC(C)(C)C2. The number of carbonyl (C=O) groups is 1. The van der Waals surface area contributed by atoms with E-state index < -0.39 is 0 Å². The van der Waals surface area contributed by atoms with Crippen molar-refractivity contribution < 1.29 is 4.79 Å². The lowest BCUT2D eigenvalue weighted by Gasteiger charge is -2.26. The number of carbonyl (C=O) groups excluding carboxylic acids is 1. The van der Waals surface area contributed by atoms with Gasteiger partial charge in [-0.05, 0) is 35.8 Å². The summed E-state index contributed by atoms with van der Waals surface area (Å²) in [7, 11) is 0. The highest BCUT2D eigenvalue weighted by Gasteiger charge is 2.34. The third-order valence-electron chi connectivity index (χ3n) is 3.29. The summed E-state index contributed by atoms with van der Waals surface area (Å²) in [4.78, 5) is 18.9. The molecular formula is C14H15NOS2. The van der Waals surface area contributed by atoms with Crippen LogP contribution in [0.5, 0.6) is 0 Å². The minimum atomic E-state index is 0.0555. The number of aromatic nitrogens is 1. The Hall–Kier alpha value is -1.00. The van der Waals surface area contributed by atoms with Crippen LogP contribution in [0.2, 0.25) is 0 Å². The summed E-state index contributed by atoms with van der Waals surface area (Å²) >= 11 is 3.27. The summed E-state index contributed by atoms with van der Waals surface area (Å²) in [6, 6.07) is 2.10. The minimum Gasteiger partial charge on any atom is -0.293 e. The van der Waals surface area contributed by atoms with Crippen molar-refractivity contribution in [3.8, 4) is 9.88 Å². The van der Waals surface area contributed by atoms with Gasteiger partial charge in [-0.25, -0.2) is 4.98 Å². The fourth-order valence-electron chi connectivity index (χ4n) is 2.41. The van der Waals surface area contributed by atoms with Gasteiger partial charge in [0.15, 0.2) is 5.78 Å². The highest BCUT2D eigenvalue weighted by molar-refractivity contribution is 7.22. The first-order valence-corrected chi connectivity index (χ1v) is 7.73. The number of fused-ring (bicyclic) bond motifs is 1. The number of thiophene rings is 1. The van der Waals surface area contributed by atoms with Gasteiger partial charge in [-0.3, -0.25) is 4.79 Å². The van der Waals surface area contributed by atoms with Crippen molar-refractivity contribution in [1.29, 1.82) is 0 Å². The van der Waals surface area contributed by atoms with Crippen LogP contribution in [-0.4, -0.2) is 10.8 Å². The molecule has 0 saturated heterocycles. The Morgan fingerprint density at radius 2 is 2.06 bits per heavy atom. The number of ketones is 1. The van der Waals surface area contributed by atoms with Crippen LogP contribution >= 0.6 is 22.7 Å². The second kappa shape index (κ2) is 4.00. The zero-order valence-electron chi connectivity index (χ0n) is 10.7. The quantitative estimate of drug-likeness (QED) is 0.776. The molecule has 2 nitrogen and oxygen atoms in total. The molecule has 2 heterocycles. The maximum Gasteiger partial charge on any atom is 0.175 e. The van der Waals surface area contributed by atoms with Gasteiger partial charge in [0.05, 0.1) is 15.4 Å². The maximum absolute atomic E-state index is 12.1. The largest absolute Gasteiger partial charge is 0.293 e. The van der Waals surface area contributed by atoms with Gasteiger partial charge in [0, 0.05) is 6.42 Å². The van der Waals surface area contributed by atoms with E-state index in [-0.39, 0.29) is 11.2 Å². The van der Waals surface area contributed by atoms with Gasteiger partial charge in [0.25, 0.3) is 0 Å². The number of rotatable bonds is 1. The molecule has 3 rings (SSSR count). The van der Waals surface area contributed by atoms with Crippen LogP contribution in [0.3, 0.4) is 0 Å². The van der Waals surface area contributed by atoms with E-state index in [1.165, 1.54) is 10.4 Å². The molecule has 0 spiro atoms. The monoisotopic (exact) mass is 277 g/mol. The molecule has 94 valence electrons. The molecule has 0 fully saturated rings. The number of nitrogens with zero attached hydrogens (tertiary/aromatic N) is 1. The van der Waals surface area contributed by atoms with Crippen LogP contribution in [0.15, 0.2) is 11.4 Å². The topological polar surface area (TPSA) is 30.0 Å². The fraction of sp³-hybridized carbons (Fsp3) is 0.429. The molecule has 2 aromatic heterocycles. The summed E-state index contributed by atoms with van der Waals surface area (Å²) in [5.74, 6) is 0.263. The predicted octanol–water partition coefficient (Wildman–Crippen LogP) is 4.34. The molecule has 0 amide bonds. The van der Waals surface area contributed by atoms with Gasteiger partial charge in [-0.1, -0.05) is 13.8 Å². The molecular weight excluding hydrogens is 262 g/mol. The normalized spacial score (nSPS) is 17.8. The smallest absolute Gasteiger partial charge is 0.175 e. The van der Waals surface area contributed by atoms with Gasteiger partial charge in [0.2, 0.25) is 0 Å². The molecule has 1 aliphatic rings. The summed E-state index contributed by atoms with van der Waals surface area (Å²) in [5.41, 5.74) is 2.31. The third-order valence-corrected chi connectivity index (χ3v) is 5.60. The predicted molar refractivity (Wildman–Crippen MR) is 76.6 cm³/mol. The third kappa shape index (κ3) is 1.93. The van der Waals surface area contributed by atoms with Gasteiger partial charge in [-0.2, -0.15) is 0 Å². The van der Waals surface area contributed by atoms with Crippen molar-refractivity contribution in [3.05, 3.63) is 27.6 Å². The molecule has 0 atom stereocenters. The Morgan fingerprint density at radius 1 is 1.28 bits per heavy atom. The first kappa shape index (κ1) is 12.1. The molecule has 0 unspecified atom stereocenters. The molecule has 0 N–H and O–H groups in total. The van der Waals surface area contributed by atoms with Crippen molar-refractivity contribution >= 4 is 28.5 Å². The Balaban J connectivity index is 2.08. The van der Waals surface area contributed by atoms with E-state index in [9.17, 15) is 4.79 Å². The summed E-state index contributed by atoms with van der Waals surface area (Å²) in [6.45, 7) is 6.38. The van der Waals surface area contributed by atoms with Crippen molar-refractivity contribution in [2.45, 2.75) is 33.6 Å². The van der Waals surface area contributed by atoms with E-state index in [0.717, 1.165) is 22.0 Å². The van der Waals surface area contributed by atoms with Gasteiger partial charge < -0.3 is 0 Å².